The lowest BCUT2D eigenvalue weighted by atomic mass is 10.0. The van der Waals surface area contributed by atoms with Crippen LogP contribution in [0.2, 0.25) is 0 Å². The van der Waals surface area contributed by atoms with Crippen LogP contribution in [0.4, 0.5) is 0 Å². The van der Waals surface area contributed by atoms with Crippen molar-refractivity contribution in [2.75, 3.05) is 12.8 Å². The molecule has 0 aromatic heterocycles. The number of sulfonamides is 1. The van der Waals surface area contributed by atoms with Gasteiger partial charge in [-0.05, 0) is 17.9 Å². The molecule has 19 heavy (non-hydrogen) atoms. The van der Waals surface area contributed by atoms with E-state index >= 15 is 0 Å². The summed E-state index contributed by atoms with van der Waals surface area (Å²) in [5, 5.41) is 0. The maximum Gasteiger partial charge on any atom is 0.214 e. The van der Waals surface area contributed by atoms with Crippen molar-refractivity contribution in [3.05, 3.63) is 35.9 Å². The molecule has 1 rings (SSSR count). The normalized spacial score (nSPS) is 12.3. The quantitative estimate of drug-likeness (QED) is 0.734. The Morgan fingerprint density at radius 3 is 2.21 bits per heavy atom. The van der Waals surface area contributed by atoms with Crippen LogP contribution in [0.25, 0.3) is 0 Å². The summed E-state index contributed by atoms with van der Waals surface area (Å²) in [6, 6.07) is 9.70. The second kappa shape index (κ2) is 7.65. The average Bonchev–Trinajstić information content (AvgIpc) is 2.41. The van der Waals surface area contributed by atoms with E-state index in [0.717, 1.165) is 24.8 Å². The van der Waals surface area contributed by atoms with Gasteiger partial charge in [0.2, 0.25) is 10.0 Å². The Bertz CT molecular complexity index is 452. The summed E-state index contributed by atoms with van der Waals surface area (Å²) >= 11 is 0. The summed E-state index contributed by atoms with van der Waals surface area (Å²) in [5.74, 6) is 0.766. The van der Waals surface area contributed by atoms with E-state index in [1.54, 1.807) is 7.05 Å². The van der Waals surface area contributed by atoms with Crippen molar-refractivity contribution < 1.29 is 8.42 Å². The van der Waals surface area contributed by atoms with E-state index in [-0.39, 0.29) is 5.75 Å². The van der Waals surface area contributed by atoms with Gasteiger partial charge in [0, 0.05) is 13.6 Å². The number of benzene rings is 1. The first-order valence-electron chi connectivity index (χ1n) is 6.97. The predicted octanol–water partition coefficient (Wildman–Crippen LogP) is 3.27. The lowest BCUT2D eigenvalue weighted by molar-refractivity contribution is 0.442. The largest absolute Gasteiger partial charge is 0.214 e. The highest BCUT2D eigenvalue weighted by Gasteiger charge is 2.19. The molecule has 4 heteroatoms. The molecule has 0 aliphatic carbocycles. The summed E-state index contributed by atoms with van der Waals surface area (Å²) in [6.45, 7) is 4.69. The molecule has 3 nitrogen and oxygen atoms in total. The minimum atomic E-state index is -3.14. The molecule has 108 valence electrons. The Balaban J connectivity index is 2.57. The van der Waals surface area contributed by atoms with Crippen LogP contribution in [-0.2, 0) is 16.6 Å². The van der Waals surface area contributed by atoms with Crippen molar-refractivity contribution in [1.29, 1.82) is 0 Å². The lowest BCUT2D eigenvalue weighted by Crippen LogP contribution is -2.29. The number of hydrogen-bond donors (Lipinski definition) is 0. The number of nitrogens with zero attached hydrogens (tertiary/aromatic N) is 1. The first kappa shape index (κ1) is 16.2. The van der Waals surface area contributed by atoms with Crippen molar-refractivity contribution in [2.45, 2.75) is 39.7 Å². The van der Waals surface area contributed by atoms with Gasteiger partial charge in [0.1, 0.15) is 0 Å². The first-order chi connectivity index (χ1) is 8.99. The van der Waals surface area contributed by atoms with E-state index in [4.69, 9.17) is 0 Å². The second-order valence-electron chi connectivity index (χ2n) is 5.03. The van der Waals surface area contributed by atoms with Crippen molar-refractivity contribution in [2.24, 2.45) is 5.92 Å². The van der Waals surface area contributed by atoms with Crippen LogP contribution in [0.5, 0.6) is 0 Å². The van der Waals surface area contributed by atoms with Gasteiger partial charge in [-0.2, -0.15) is 0 Å². The molecule has 0 aliphatic rings. The van der Waals surface area contributed by atoms with Crippen molar-refractivity contribution >= 4 is 10.0 Å². The maximum absolute atomic E-state index is 12.2. The molecule has 0 amide bonds. The van der Waals surface area contributed by atoms with Gasteiger partial charge in [0.25, 0.3) is 0 Å². The summed E-state index contributed by atoms with van der Waals surface area (Å²) in [7, 11) is -1.48. The fourth-order valence-corrected chi connectivity index (χ4v) is 3.40. The van der Waals surface area contributed by atoms with Crippen LogP contribution < -0.4 is 0 Å². The van der Waals surface area contributed by atoms with Crippen LogP contribution in [0.15, 0.2) is 30.3 Å². The summed E-state index contributed by atoms with van der Waals surface area (Å²) < 4.78 is 25.9. The molecule has 0 radical (unpaired) electrons. The smallest absolute Gasteiger partial charge is 0.212 e. The number of hydrogen-bond acceptors (Lipinski definition) is 2. The van der Waals surface area contributed by atoms with Gasteiger partial charge in [-0.3, -0.25) is 0 Å². The van der Waals surface area contributed by atoms with Gasteiger partial charge < -0.3 is 0 Å². The third-order valence-electron chi connectivity index (χ3n) is 3.66. The lowest BCUT2D eigenvalue weighted by Gasteiger charge is -2.19. The molecule has 0 aliphatic heterocycles. The van der Waals surface area contributed by atoms with Gasteiger partial charge in [0.15, 0.2) is 0 Å². The third-order valence-corrected chi connectivity index (χ3v) is 5.49. The van der Waals surface area contributed by atoms with E-state index in [1.165, 1.54) is 4.31 Å². The van der Waals surface area contributed by atoms with Gasteiger partial charge in [-0.1, -0.05) is 57.0 Å². The maximum atomic E-state index is 12.2. The Kier molecular flexibility index (Phi) is 6.52. The molecule has 0 atom stereocenters. The van der Waals surface area contributed by atoms with E-state index in [2.05, 4.69) is 13.8 Å². The highest BCUT2D eigenvalue weighted by atomic mass is 32.2. The summed E-state index contributed by atoms with van der Waals surface area (Å²) in [6.07, 6.45) is 2.86. The predicted molar refractivity (Wildman–Crippen MR) is 80.4 cm³/mol. The van der Waals surface area contributed by atoms with Gasteiger partial charge >= 0.3 is 0 Å². The monoisotopic (exact) mass is 283 g/mol. The van der Waals surface area contributed by atoms with E-state index in [9.17, 15) is 8.42 Å². The summed E-state index contributed by atoms with van der Waals surface area (Å²) in [5.41, 5.74) is 1.02. The van der Waals surface area contributed by atoms with Crippen LogP contribution in [0.1, 0.15) is 38.7 Å². The van der Waals surface area contributed by atoms with Crippen LogP contribution in [0, 0.1) is 5.92 Å². The van der Waals surface area contributed by atoms with E-state index in [1.807, 2.05) is 30.3 Å². The SMILES string of the molecule is CCC(CC)CCS(=O)(=O)N(C)Cc1ccccc1. The van der Waals surface area contributed by atoms with Crippen LogP contribution in [0.3, 0.4) is 0 Å². The Labute approximate surface area is 117 Å². The zero-order chi connectivity index (χ0) is 14.3. The van der Waals surface area contributed by atoms with E-state index in [0.29, 0.717) is 12.5 Å². The topological polar surface area (TPSA) is 37.4 Å². The minimum absolute atomic E-state index is 0.253. The molecule has 1 aromatic carbocycles. The Morgan fingerprint density at radius 1 is 1.11 bits per heavy atom. The zero-order valence-corrected chi connectivity index (χ0v) is 13.0. The van der Waals surface area contributed by atoms with E-state index < -0.39 is 10.0 Å². The standard InChI is InChI=1S/C15H25NO2S/c1-4-14(5-2)11-12-19(17,18)16(3)13-15-9-7-6-8-10-15/h6-10,14H,4-5,11-13H2,1-3H3. The number of rotatable bonds is 8. The van der Waals surface area contributed by atoms with Gasteiger partial charge in [-0.15, -0.1) is 0 Å². The van der Waals surface area contributed by atoms with Crippen LogP contribution in [-0.4, -0.2) is 25.5 Å². The molecule has 0 saturated carbocycles. The Morgan fingerprint density at radius 2 is 1.68 bits per heavy atom. The molecule has 0 saturated heterocycles. The highest BCUT2D eigenvalue weighted by molar-refractivity contribution is 7.89. The molecule has 0 heterocycles. The van der Waals surface area contributed by atoms with Gasteiger partial charge in [0.05, 0.1) is 5.75 Å². The molecular weight excluding hydrogens is 258 g/mol. The fourth-order valence-electron chi connectivity index (χ4n) is 2.11. The second-order valence-corrected chi connectivity index (χ2v) is 7.22. The average molecular weight is 283 g/mol. The fraction of sp³-hybridized carbons (Fsp3) is 0.600. The van der Waals surface area contributed by atoms with Crippen molar-refractivity contribution in [3.63, 3.8) is 0 Å². The molecular formula is C15H25NO2S. The molecule has 0 bridgehead atoms. The van der Waals surface area contributed by atoms with Gasteiger partial charge in [-0.25, -0.2) is 12.7 Å². The Hall–Kier alpha value is -0.870. The van der Waals surface area contributed by atoms with Crippen molar-refractivity contribution in [3.8, 4) is 0 Å². The molecule has 0 unspecified atom stereocenters. The highest BCUT2D eigenvalue weighted by Crippen LogP contribution is 2.16. The van der Waals surface area contributed by atoms with Crippen LogP contribution >= 0.6 is 0 Å². The zero-order valence-electron chi connectivity index (χ0n) is 12.2. The van der Waals surface area contributed by atoms with Crippen molar-refractivity contribution in [1.82, 2.24) is 4.31 Å². The summed E-state index contributed by atoms with van der Waals surface area (Å²) in [4.78, 5) is 0. The molecule has 0 N–H and O–H groups in total. The minimum Gasteiger partial charge on any atom is -0.212 e. The molecule has 1 aromatic rings. The molecule has 0 fully saturated rings. The molecule has 0 spiro atoms. The third kappa shape index (κ3) is 5.33. The first-order valence-corrected chi connectivity index (χ1v) is 8.58.